The second-order valence-electron chi connectivity index (χ2n) is 6.26. The molecule has 0 aromatic heterocycles. The van der Waals surface area contributed by atoms with Crippen molar-refractivity contribution in [1.82, 2.24) is 0 Å². The highest BCUT2D eigenvalue weighted by Crippen LogP contribution is 2.52. The maximum absolute atomic E-state index is 13.5. The highest BCUT2D eigenvalue weighted by Gasteiger charge is 2.42. The lowest BCUT2D eigenvalue weighted by molar-refractivity contribution is -0.138. The minimum Gasteiger partial charge on any atom is -0.376 e. The van der Waals surface area contributed by atoms with Crippen molar-refractivity contribution in [3.05, 3.63) is 76.3 Å². The van der Waals surface area contributed by atoms with Crippen LogP contribution in [0.1, 0.15) is 35.1 Å². The normalized spacial score (nSPS) is 25.1. The lowest BCUT2D eigenvalue weighted by Crippen LogP contribution is -2.30. The van der Waals surface area contributed by atoms with Crippen LogP contribution >= 0.6 is 11.6 Å². The number of alkyl halides is 3. The number of rotatable bonds is 1. The topological polar surface area (TPSA) is 12.0 Å². The van der Waals surface area contributed by atoms with Gasteiger partial charge in [0, 0.05) is 5.92 Å². The van der Waals surface area contributed by atoms with Gasteiger partial charge in [0.2, 0.25) is 0 Å². The van der Waals surface area contributed by atoms with Crippen LogP contribution in [0.5, 0.6) is 0 Å². The van der Waals surface area contributed by atoms with E-state index in [-0.39, 0.29) is 17.4 Å². The molecule has 0 spiro atoms. The van der Waals surface area contributed by atoms with E-state index in [9.17, 15) is 13.2 Å². The van der Waals surface area contributed by atoms with Gasteiger partial charge in [-0.1, -0.05) is 54.1 Å². The molecule has 4 rings (SSSR count). The molecule has 0 fully saturated rings. The molecule has 2 aromatic carbocycles. The van der Waals surface area contributed by atoms with Crippen molar-refractivity contribution in [1.29, 1.82) is 0 Å². The van der Waals surface area contributed by atoms with Crippen molar-refractivity contribution >= 4 is 17.3 Å². The zero-order valence-electron chi connectivity index (χ0n) is 12.6. The van der Waals surface area contributed by atoms with Gasteiger partial charge in [-0.15, -0.1) is 0 Å². The number of hydrogen-bond donors (Lipinski definition) is 1. The molecule has 0 unspecified atom stereocenters. The second-order valence-corrected chi connectivity index (χ2v) is 6.67. The van der Waals surface area contributed by atoms with E-state index in [2.05, 4.69) is 17.5 Å². The van der Waals surface area contributed by atoms with Gasteiger partial charge in [-0.25, -0.2) is 0 Å². The number of para-hydroxylation sites is 1. The van der Waals surface area contributed by atoms with Gasteiger partial charge in [-0.05, 0) is 35.6 Å². The molecular weight excluding hydrogens is 335 g/mol. The summed E-state index contributed by atoms with van der Waals surface area (Å²) < 4.78 is 40.4. The van der Waals surface area contributed by atoms with Crippen LogP contribution in [0.2, 0.25) is 5.02 Å². The molecule has 1 heterocycles. The van der Waals surface area contributed by atoms with Gasteiger partial charge < -0.3 is 5.32 Å². The molecule has 1 aliphatic carbocycles. The Balaban J connectivity index is 1.85. The average molecular weight is 350 g/mol. The maximum atomic E-state index is 13.5. The van der Waals surface area contributed by atoms with E-state index >= 15 is 0 Å². The van der Waals surface area contributed by atoms with Crippen molar-refractivity contribution in [3.63, 3.8) is 0 Å². The van der Waals surface area contributed by atoms with Crippen molar-refractivity contribution in [3.8, 4) is 0 Å². The molecule has 1 aliphatic heterocycles. The summed E-state index contributed by atoms with van der Waals surface area (Å²) in [6.45, 7) is 0. The van der Waals surface area contributed by atoms with Crippen LogP contribution in [0.15, 0.2) is 54.6 Å². The van der Waals surface area contributed by atoms with Gasteiger partial charge in [-0.2, -0.15) is 13.2 Å². The molecule has 0 amide bonds. The van der Waals surface area contributed by atoms with Gasteiger partial charge in [0.1, 0.15) is 0 Å². The van der Waals surface area contributed by atoms with Gasteiger partial charge in [0.05, 0.1) is 22.3 Å². The molecule has 1 nitrogen and oxygen atoms in total. The summed E-state index contributed by atoms with van der Waals surface area (Å²) >= 11 is 6.31. The molecule has 0 bridgehead atoms. The predicted octanol–water partition coefficient (Wildman–Crippen LogP) is 6.19. The first-order valence-electron chi connectivity index (χ1n) is 7.84. The quantitative estimate of drug-likeness (QED) is 0.606. The van der Waals surface area contributed by atoms with Gasteiger partial charge in [0.25, 0.3) is 0 Å². The largest absolute Gasteiger partial charge is 0.416 e. The molecule has 0 saturated heterocycles. The minimum absolute atomic E-state index is 0.0551. The fourth-order valence-corrected chi connectivity index (χ4v) is 4.15. The van der Waals surface area contributed by atoms with Gasteiger partial charge in [0.15, 0.2) is 0 Å². The van der Waals surface area contributed by atoms with Crippen LogP contribution < -0.4 is 5.32 Å². The first kappa shape index (κ1) is 15.6. The molecule has 3 atom stereocenters. The van der Waals surface area contributed by atoms with Crippen molar-refractivity contribution in [2.75, 3.05) is 5.32 Å². The van der Waals surface area contributed by atoms with Crippen LogP contribution in [0, 0.1) is 5.92 Å². The zero-order chi connectivity index (χ0) is 16.9. The SMILES string of the molecule is FC(F)(F)c1ccccc1[C@@H]1Nc2c(Cl)cccc2[C@H]2C=CC[C@H]21. The lowest BCUT2D eigenvalue weighted by Gasteiger charge is -2.38. The third-order valence-corrected chi connectivity index (χ3v) is 5.26. The molecule has 124 valence electrons. The summed E-state index contributed by atoms with van der Waals surface area (Å²) in [5.74, 6) is 0.144. The Morgan fingerprint density at radius 2 is 1.75 bits per heavy atom. The second kappa shape index (κ2) is 5.55. The number of fused-ring (bicyclic) bond motifs is 3. The van der Waals surface area contributed by atoms with E-state index < -0.39 is 17.8 Å². The summed E-state index contributed by atoms with van der Waals surface area (Å²) in [6, 6.07) is 11.0. The van der Waals surface area contributed by atoms with Gasteiger partial charge in [-0.3, -0.25) is 0 Å². The summed E-state index contributed by atoms with van der Waals surface area (Å²) in [6.07, 6.45) is 0.515. The predicted molar refractivity (Wildman–Crippen MR) is 89.2 cm³/mol. The van der Waals surface area contributed by atoms with E-state index in [1.54, 1.807) is 18.2 Å². The smallest absolute Gasteiger partial charge is 0.376 e. The summed E-state index contributed by atoms with van der Waals surface area (Å²) in [5, 5.41) is 3.84. The average Bonchev–Trinajstić information content (AvgIpc) is 3.04. The molecule has 0 radical (unpaired) electrons. The highest BCUT2D eigenvalue weighted by molar-refractivity contribution is 6.33. The van der Waals surface area contributed by atoms with Crippen LogP contribution in [-0.2, 0) is 6.18 Å². The summed E-state index contributed by atoms with van der Waals surface area (Å²) in [7, 11) is 0. The fraction of sp³-hybridized carbons (Fsp3) is 0.263. The first-order chi connectivity index (χ1) is 11.5. The van der Waals surface area contributed by atoms with Crippen LogP contribution in [0.25, 0.3) is 0 Å². The van der Waals surface area contributed by atoms with E-state index in [0.717, 1.165) is 23.7 Å². The Hall–Kier alpha value is -1.94. The fourth-order valence-electron chi connectivity index (χ4n) is 3.92. The first-order valence-corrected chi connectivity index (χ1v) is 8.22. The molecule has 2 aliphatic rings. The van der Waals surface area contributed by atoms with Crippen molar-refractivity contribution < 1.29 is 13.2 Å². The lowest BCUT2D eigenvalue weighted by atomic mass is 9.76. The van der Waals surface area contributed by atoms with Crippen LogP contribution in [0.3, 0.4) is 0 Å². The number of allylic oxidation sites excluding steroid dienone is 2. The Labute approximate surface area is 143 Å². The van der Waals surface area contributed by atoms with Crippen LogP contribution in [0.4, 0.5) is 18.9 Å². The highest BCUT2D eigenvalue weighted by atomic mass is 35.5. The molecule has 24 heavy (non-hydrogen) atoms. The molecule has 1 N–H and O–H groups in total. The molecular formula is C19H15ClF3N. The van der Waals surface area contributed by atoms with Crippen molar-refractivity contribution in [2.24, 2.45) is 5.92 Å². The molecule has 0 saturated carbocycles. The minimum atomic E-state index is -4.37. The number of hydrogen-bond acceptors (Lipinski definition) is 1. The van der Waals surface area contributed by atoms with E-state index in [4.69, 9.17) is 11.6 Å². The maximum Gasteiger partial charge on any atom is 0.416 e. The standard InChI is InChI=1S/C19H15ClF3N/c20-16-10-4-8-13-11-6-3-7-12(11)17(24-18(13)16)14-5-1-2-9-15(14)19(21,22)23/h1-6,8-12,17,24H,7H2/t11-,12+,17+/m0/s1. The number of halogens is 4. The zero-order valence-corrected chi connectivity index (χ0v) is 13.4. The summed E-state index contributed by atoms with van der Waals surface area (Å²) in [4.78, 5) is 0. The Morgan fingerprint density at radius 3 is 2.54 bits per heavy atom. The van der Waals surface area contributed by atoms with Crippen molar-refractivity contribution in [2.45, 2.75) is 24.6 Å². The Morgan fingerprint density at radius 1 is 1.00 bits per heavy atom. The third-order valence-electron chi connectivity index (χ3n) is 4.95. The monoisotopic (exact) mass is 349 g/mol. The van der Waals surface area contributed by atoms with E-state index in [1.807, 2.05) is 12.1 Å². The van der Waals surface area contributed by atoms with Gasteiger partial charge >= 0.3 is 6.18 Å². The molecule has 2 aromatic rings. The number of benzene rings is 2. The van der Waals surface area contributed by atoms with E-state index in [0.29, 0.717) is 5.02 Å². The van der Waals surface area contributed by atoms with Crippen LogP contribution in [-0.4, -0.2) is 0 Å². The number of anilines is 1. The Kier molecular flexibility index (Phi) is 3.61. The third kappa shape index (κ3) is 2.40. The Bertz CT molecular complexity index is 812. The van der Waals surface area contributed by atoms with E-state index in [1.165, 1.54) is 6.07 Å². The summed E-state index contributed by atoms with van der Waals surface area (Å²) in [5.41, 5.74) is 1.51. The molecule has 5 heteroatoms. The number of nitrogens with one attached hydrogen (secondary N) is 1.